The molecule has 2 N–H and O–H groups in total. The minimum atomic E-state index is -4.54. The molecule has 1 atom stereocenters. The smallest absolute Gasteiger partial charge is 0.290 e. The predicted molar refractivity (Wildman–Crippen MR) is 132 cm³/mol. The molecule has 8 nitrogen and oxygen atoms in total. The topological polar surface area (TPSA) is 103 Å². The van der Waals surface area contributed by atoms with Crippen molar-refractivity contribution >= 4 is 50.9 Å². The predicted octanol–water partition coefficient (Wildman–Crippen LogP) is 4.29. The lowest BCUT2D eigenvalue weighted by molar-refractivity contribution is -0.122. The number of nitrogens with zero attached hydrogens (tertiary/aromatic N) is 3. The molecule has 13 heteroatoms. The van der Waals surface area contributed by atoms with Gasteiger partial charge in [-0.1, -0.05) is 41.9 Å². The lowest BCUT2D eigenvalue weighted by Gasteiger charge is -2.28. The van der Waals surface area contributed by atoms with Crippen LogP contribution in [-0.2, 0) is 21.4 Å². The van der Waals surface area contributed by atoms with Crippen molar-refractivity contribution in [2.75, 3.05) is 29.8 Å². The molecule has 1 aliphatic heterocycles. The van der Waals surface area contributed by atoms with Crippen LogP contribution in [-0.4, -0.2) is 56.1 Å². The minimum absolute atomic E-state index is 0.0180. The number of nitrogens with one attached hydrogen (secondary N) is 1. The van der Waals surface area contributed by atoms with Gasteiger partial charge in [-0.15, -0.1) is 11.3 Å². The van der Waals surface area contributed by atoms with E-state index in [1.165, 1.54) is 16.5 Å². The van der Waals surface area contributed by atoms with Crippen LogP contribution in [0.2, 0.25) is 5.02 Å². The lowest BCUT2D eigenvalue weighted by Crippen LogP contribution is -2.35. The first-order valence-corrected chi connectivity index (χ1v) is 13.1. The van der Waals surface area contributed by atoms with E-state index < -0.39 is 31.6 Å². The number of carbonyl (C=O) groups is 1. The van der Waals surface area contributed by atoms with Gasteiger partial charge in [-0.3, -0.25) is 14.4 Å². The standard InChI is InChI=1S/C21H21ClF2N4O2S2.CH2O2/c1-27(15-7-8-28(11-15)10-14-5-3-2-4-6-14)17-9-16(23)21(20(24)19(17)22)32(29,30)26-18-12-31-13-25-18;2-1-3/h2-6,9,12-13,15,26H,7-8,10-11H2,1H3;1H,(H,2,3)/t15-;/m0./s1. The van der Waals surface area contributed by atoms with Gasteiger partial charge in [0.1, 0.15) is 10.8 Å². The first-order chi connectivity index (χ1) is 16.7. The van der Waals surface area contributed by atoms with Crippen molar-refractivity contribution in [3.63, 3.8) is 0 Å². The number of carboxylic acid groups (broad SMARTS) is 1. The van der Waals surface area contributed by atoms with Crippen molar-refractivity contribution in [3.05, 3.63) is 69.5 Å². The second-order valence-electron chi connectivity index (χ2n) is 7.69. The molecule has 1 saturated heterocycles. The molecule has 0 saturated carbocycles. The molecule has 0 amide bonds. The Bertz CT molecular complexity index is 1250. The van der Waals surface area contributed by atoms with Crippen molar-refractivity contribution in [2.24, 2.45) is 0 Å². The molecule has 2 heterocycles. The van der Waals surface area contributed by atoms with Crippen LogP contribution in [0.4, 0.5) is 20.3 Å². The van der Waals surface area contributed by atoms with Crippen molar-refractivity contribution in [1.29, 1.82) is 0 Å². The van der Waals surface area contributed by atoms with E-state index in [4.69, 9.17) is 21.5 Å². The Morgan fingerprint density at radius 1 is 1.34 bits per heavy atom. The van der Waals surface area contributed by atoms with Gasteiger partial charge in [0, 0.05) is 44.2 Å². The summed E-state index contributed by atoms with van der Waals surface area (Å²) in [6.07, 6.45) is 0.786. The number of halogens is 3. The fourth-order valence-corrected chi connectivity index (χ4v) is 5.87. The van der Waals surface area contributed by atoms with E-state index in [1.807, 2.05) is 18.2 Å². The van der Waals surface area contributed by atoms with Gasteiger partial charge in [-0.05, 0) is 12.0 Å². The zero-order valence-electron chi connectivity index (χ0n) is 18.6. The Balaban J connectivity index is 0.00000108. The van der Waals surface area contributed by atoms with Crippen LogP contribution in [0.3, 0.4) is 0 Å². The second-order valence-corrected chi connectivity index (χ2v) is 10.4. The fraction of sp³-hybridized carbons (Fsp3) is 0.273. The Kier molecular flexibility index (Phi) is 9.00. The maximum absolute atomic E-state index is 15.0. The second kappa shape index (κ2) is 11.8. The highest BCUT2D eigenvalue weighted by Crippen LogP contribution is 2.36. The SMILES string of the molecule is CN(c1cc(F)c(S(=O)(=O)Nc2cscn2)c(F)c1Cl)[C@H]1CCN(Cc2ccccc2)C1.O=CO. The maximum atomic E-state index is 15.0. The monoisotopic (exact) mass is 544 g/mol. The Hall–Kier alpha value is -2.80. The first-order valence-electron chi connectivity index (χ1n) is 10.3. The third kappa shape index (κ3) is 6.45. The van der Waals surface area contributed by atoms with E-state index in [0.717, 1.165) is 36.9 Å². The van der Waals surface area contributed by atoms with E-state index in [0.29, 0.717) is 6.54 Å². The Morgan fingerprint density at radius 3 is 2.66 bits per heavy atom. The van der Waals surface area contributed by atoms with Crippen LogP contribution in [0.15, 0.2) is 52.2 Å². The number of likely N-dealkylation sites (tertiary alicyclic amines) is 1. The molecule has 1 fully saturated rings. The molecule has 188 valence electrons. The zero-order valence-corrected chi connectivity index (χ0v) is 21.0. The highest BCUT2D eigenvalue weighted by atomic mass is 35.5. The first kappa shape index (κ1) is 26.8. The summed E-state index contributed by atoms with van der Waals surface area (Å²) in [7, 11) is -2.83. The van der Waals surface area contributed by atoms with Gasteiger partial charge in [-0.25, -0.2) is 22.2 Å². The van der Waals surface area contributed by atoms with Crippen LogP contribution in [0.25, 0.3) is 0 Å². The highest BCUT2D eigenvalue weighted by molar-refractivity contribution is 7.92. The van der Waals surface area contributed by atoms with E-state index in [-0.39, 0.29) is 24.0 Å². The van der Waals surface area contributed by atoms with Crippen molar-refractivity contribution in [3.8, 4) is 0 Å². The average molecular weight is 545 g/mol. The molecule has 0 unspecified atom stereocenters. The average Bonchev–Trinajstić information content (AvgIpc) is 3.49. The largest absolute Gasteiger partial charge is 0.483 e. The van der Waals surface area contributed by atoms with Crippen LogP contribution < -0.4 is 9.62 Å². The molecule has 4 rings (SSSR count). The number of thiazole rings is 1. The molecule has 1 aromatic heterocycles. The van der Waals surface area contributed by atoms with Gasteiger partial charge in [0.05, 0.1) is 11.2 Å². The fourth-order valence-electron chi connectivity index (χ4n) is 3.83. The van der Waals surface area contributed by atoms with Crippen LogP contribution in [0, 0.1) is 11.6 Å². The normalized spacial score (nSPS) is 15.8. The summed E-state index contributed by atoms with van der Waals surface area (Å²) in [5.74, 6) is -2.55. The Morgan fingerprint density at radius 2 is 2.03 bits per heavy atom. The number of hydrogen-bond donors (Lipinski definition) is 2. The van der Waals surface area contributed by atoms with Crippen LogP contribution >= 0.6 is 22.9 Å². The summed E-state index contributed by atoms with van der Waals surface area (Å²) in [5.41, 5.74) is 2.70. The summed E-state index contributed by atoms with van der Waals surface area (Å²) in [6.45, 7) is 2.05. The molecule has 35 heavy (non-hydrogen) atoms. The number of rotatable bonds is 7. The number of likely N-dealkylation sites (N-methyl/N-ethyl adjacent to an activating group) is 1. The van der Waals surface area contributed by atoms with Gasteiger partial charge in [0.15, 0.2) is 16.5 Å². The molecule has 1 aliphatic rings. The lowest BCUT2D eigenvalue weighted by atomic mass is 10.2. The van der Waals surface area contributed by atoms with Crippen molar-refractivity contribution < 1.29 is 27.1 Å². The van der Waals surface area contributed by atoms with Gasteiger partial charge in [-0.2, -0.15) is 0 Å². The van der Waals surface area contributed by atoms with E-state index in [9.17, 15) is 12.8 Å². The van der Waals surface area contributed by atoms with Gasteiger partial charge in [0.25, 0.3) is 16.5 Å². The van der Waals surface area contributed by atoms with E-state index in [2.05, 4.69) is 26.7 Å². The number of benzene rings is 2. The summed E-state index contributed by atoms with van der Waals surface area (Å²) >= 11 is 7.34. The third-order valence-corrected chi connectivity index (χ3v) is 7.80. The molecule has 0 bridgehead atoms. The van der Waals surface area contributed by atoms with Gasteiger partial charge in [0.2, 0.25) is 0 Å². The summed E-state index contributed by atoms with van der Waals surface area (Å²) in [6, 6.07) is 11.0. The third-order valence-electron chi connectivity index (χ3n) is 5.46. The maximum Gasteiger partial charge on any atom is 0.290 e. The number of sulfonamides is 1. The van der Waals surface area contributed by atoms with Crippen molar-refractivity contribution in [2.45, 2.75) is 23.9 Å². The van der Waals surface area contributed by atoms with Crippen molar-refractivity contribution in [1.82, 2.24) is 9.88 Å². The van der Waals surface area contributed by atoms with Gasteiger partial charge < -0.3 is 10.0 Å². The molecule has 0 radical (unpaired) electrons. The Labute approximate surface area is 210 Å². The van der Waals surface area contributed by atoms with E-state index >= 15 is 4.39 Å². The highest BCUT2D eigenvalue weighted by Gasteiger charge is 2.32. The number of aromatic nitrogens is 1. The number of hydrogen-bond acceptors (Lipinski definition) is 7. The van der Waals surface area contributed by atoms with E-state index in [1.54, 1.807) is 11.9 Å². The molecular weight excluding hydrogens is 522 g/mol. The molecule has 3 aromatic rings. The van der Waals surface area contributed by atoms with Crippen LogP contribution in [0.5, 0.6) is 0 Å². The molecule has 2 aromatic carbocycles. The minimum Gasteiger partial charge on any atom is -0.483 e. The number of anilines is 2. The zero-order chi connectivity index (χ0) is 25.6. The van der Waals surface area contributed by atoms with Gasteiger partial charge >= 0.3 is 0 Å². The van der Waals surface area contributed by atoms with Crippen LogP contribution in [0.1, 0.15) is 12.0 Å². The summed E-state index contributed by atoms with van der Waals surface area (Å²) < 4.78 is 57.0. The summed E-state index contributed by atoms with van der Waals surface area (Å²) in [4.78, 5) is 15.0. The quantitative estimate of drug-likeness (QED) is 0.338. The molecular formula is C22H23ClF2N4O4S2. The molecule has 0 aliphatic carbocycles. The molecule has 0 spiro atoms. The summed E-state index contributed by atoms with van der Waals surface area (Å²) in [5, 5.41) is 7.87.